The minimum Gasteiger partial charge on any atom is -0.366 e. The van der Waals surface area contributed by atoms with Crippen LogP contribution in [0.2, 0.25) is 0 Å². The highest BCUT2D eigenvalue weighted by Gasteiger charge is 2.48. The highest BCUT2D eigenvalue weighted by atomic mass is 16.2. The maximum Gasteiger partial charge on any atom is 0.248 e. The van der Waals surface area contributed by atoms with Crippen molar-refractivity contribution in [3.63, 3.8) is 0 Å². The van der Waals surface area contributed by atoms with Crippen LogP contribution < -0.4 is 16.8 Å². The molecule has 2 saturated carbocycles. The second kappa shape index (κ2) is 5.48. The van der Waals surface area contributed by atoms with E-state index in [-0.39, 0.29) is 17.9 Å². The molecule has 3 rings (SSSR count). The van der Waals surface area contributed by atoms with Crippen molar-refractivity contribution in [2.24, 2.45) is 29.2 Å². The lowest BCUT2D eigenvalue weighted by Gasteiger charge is -2.27. The molecule has 2 amide bonds. The number of amides is 2. The van der Waals surface area contributed by atoms with Crippen LogP contribution in [0.5, 0.6) is 0 Å². The Labute approximate surface area is 124 Å². The summed E-state index contributed by atoms with van der Waals surface area (Å²) in [5.41, 5.74) is 12.8. The van der Waals surface area contributed by atoms with Gasteiger partial charge in [-0.3, -0.25) is 9.59 Å². The zero-order chi connectivity index (χ0) is 15.0. The van der Waals surface area contributed by atoms with Crippen LogP contribution in [0.3, 0.4) is 0 Å². The van der Waals surface area contributed by atoms with Crippen molar-refractivity contribution in [2.45, 2.75) is 31.8 Å². The topological polar surface area (TPSA) is 98.2 Å². The zero-order valence-electron chi connectivity index (χ0n) is 11.9. The van der Waals surface area contributed by atoms with E-state index in [0.29, 0.717) is 23.9 Å². The SMILES string of the molecule is NC(=O)c1ccc(CNC(=O)C2C3CCC(C3)C2N)cc1. The van der Waals surface area contributed by atoms with E-state index < -0.39 is 5.91 Å². The van der Waals surface area contributed by atoms with Gasteiger partial charge in [-0.15, -0.1) is 0 Å². The van der Waals surface area contributed by atoms with Gasteiger partial charge < -0.3 is 16.8 Å². The molecule has 2 bridgehead atoms. The molecule has 21 heavy (non-hydrogen) atoms. The van der Waals surface area contributed by atoms with Gasteiger partial charge in [0.1, 0.15) is 0 Å². The monoisotopic (exact) mass is 287 g/mol. The second-order valence-corrected chi connectivity index (χ2v) is 6.22. The molecule has 5 nitrogen and oxygen atoms in total. The Hall–Kier alpha value is -1.88. The van der Waals surface area contributed by atoms with Gasteiger partial charge in [0.2, 0.25) is 11.8 Å². The molecule has 4 unspecified atom stereocenters. The first-order chi connectivity index (χ1) is 10.1. The summed E-state index contributed by atoms with van der Waals surface area (Å²) in [4.78, 5) is 23.3. The molecule has 4 atom stereocenters. The molecule has 0 radical (unpaired) electrons. The molecule has 5 N–H and O–H groups in total. The van der Waals surface area contributed by atoms with Gasteiger partial charge in [-0.05, 0) is 48.8 Å². The second-order valence-electron chi connectivity index (χ2n) is 6.22. The zero-order valence-corrected chi connectivity index (χ0v) is 11.9. The Morgan fingerprint density at radius 1 is 1.14 bits per heavy atom. The van der Waals surface area contributed by atoms with Crippen molar-refractivity contribution < 1.29 is 9.59 Å². The van der Waals surface area contributed by atoms with Gasteiger partial charge >= 0.3 is 0 Å². The summed E-state index contributed by atoms with van der Waals surface area (Å²) in [5.74, 6) is 0.573. The largest absolute Gasteiger partial charge is 0.366 e. The van der Waals surface area contributed by atoms with Crippen LogP contribution in [0.1, 0.15) is 35.2 Å². The number of carbonyl (C=O) groups excluding carboxylic acids is 2. The third-order valence-corrected chi connectivity index (χ3v) is 4.99. The van der Waals surface area contributed by atoms with Crippen molar-refractivity contribution in [3.8, 4) is 0 Å². The van der Waals surface area contributed by atoms with E-state index in [0.717, 1.165) is 18.4 Å². The fourth-order valence-electron chi connectivity index (χ4n) is 3.82. The molecule has 0 aromatic heterocycles. The first-order valence-electron chi connectivity index (χ1n) is 7.48. The molecule has 112 valence electrons. The van der Waals surface area contributed by atoms with Crippen molar-refractivity contribution in [3.05, 3.63) is 35.4 Å². The number of nitrogens with two attached hydrogens (primary N) is 2. The van der Waals surface area contributed by atoms with E-state index >= 15 is 0 Å². The molecule has 2 fully saturated rings. The Balaban J connectivity index is 1.57. The van der Waals surface area contributed by atoms with Gasteiger partial charge in [0, 0.05) is 18.2 Å². The summed E-state index contributed by atoms with van der Waals surface area (Å²) in [5, 5.41) is 2.97. The van der Waals surface area contributed by atoms with Gasteiger partial charge in [-0.1, -0.05) is 12.1 Å². The van der Waals surface area contributed by atoms with Crippen LogP contribution in [-0.4, -0.2) is 17.9 Å². The van der Waals surface area contributed by atoms with Crippen molar-refractivity contribution in [2.75, 3.05) is 0 Å². The molecule has 0 saturated heterocycles. The lowest BCUT2D eigenvalue weighted by Crippen LogP contribution is -2.45. The molecular weight excluding hydrogens is 266 g/mol. The standard InChI is InChI=1S/C16H21N3O2/c17-14-12-6-5-11(7-12)13(14)16(21)19-8-9-1-3-10(4-2-9)15(18)20/h1-4,11-14H,5-8,17H2,(H2,18,20)(H,19,21). The molecule has 2 aliphatic rings. The van der Waals surface area contributed by atoms with Crippen molar-refractivity contribution in [1.82, 2.24) is 5.32 Å². The van der Waals surface area contributed by atoms with Gasteiger partial charge in [-0.25, -0.2) is 0 Å². The minimum absolute atomic E-state index is 0.0148. The predicted octanol–water partition coefficient (Wildman–Crippen LogP) is 0.775. The number of carbonyl (C=O) groups is 2. The Morgan fingerprint density at radius 3 is 2.38 bits per heavy atom. The maximum absolute atomic E-state index is 12.3. The van der Waals surface area contributed by atoms with Crippen molar-refractivity contribution >= 4 is 11.8 Å². The highest BCUT2D eigenvalue weighted by Crippen LogP contribution is 2.47. The molecule has 5 heteroatoms. The van der Waals surface area contributed by atoms with E-state index in [1.807, 2.05) is 0 Å². The predicted molar refractivity (Wildman–Crippen MR) is 79.1 cm³/mol. The number of rotatable bonds is 4. The fraction of sp³-hybridized carbons (Fsp3) is 0.500. The van der Waals surface area contributed by atoms with Gasteiger partial charge in [0.15, 0.2) is 0 Å². The number of hydrogen-bond acceptors (Lipinski definition) is 3. The summed E-state index contributed by atoms with van der Waals surface area (Å²) >= 11 is 0. The van der Waals surface area contributed by atoms with Gasteiger partial charge in [0.25, 0.3) is 0 Å². The first-order valence-corrected chi connectivity index (χ1v) is 7.48. The fourth-order valence-corrected chi connectivity index (χ4v) is 3.82. The summed E-state index contributed by atoms with van der Waals surface area (Å²) < 4.78 is 0. The number of fused-ring (bicyclic) bond motifs is 2. The third-order valence-electron chi connectivity index (χ3n) is 4.99. The summed E-state index contributed by atoms with van der Waals surface area (Å²) in [7, 11) is 0. The van der Waals surface area contributed by atoms with E-state index in [9.17, 15) is 9.59 Å². The molecule has 0 aliphatic heterocycles. The molecule has 1 aromatic carbocycles. The van der Waals surface area contributed by atoms with Gasteiger partial charge in [-0.2, -0.15) is 0 Å². The normalized spacial score (nSPS) is 30.3. The van der Waals surface area contributed by atoms with Gasteiger partial charge in [0.05, 0.1) is 5.92 Å². The van der Waals surface area contributed by atoms with Crippen LogP contribution in [0.15, 0.2) is 24.3 Å². The van der Waals surface area contributed by atoms with E-state index in [1.165, 1.54) is 6.42 Å². The van der Waals surface area contributed by atoms with E-state index in [2.05, 4.69) is 5.32 Å². The number of hydrogen-bond donors (Lipinski definition) is 3. The first kappa shape index (κ1) is 14.1. The lowest BCUT2D eigenvalue weighted by atomic mass is 9.84. The minimum atomic E-state index is -0.446. The maximum atomic E-state index is 12.3. The molecule has 0 spiro atoms. The van der Waals surface area contributed by atoms with Crippen LogP contribution in [0.25, 0.3) is 0 Å². The highest BCUT2D eigenvalue weighted by molar-refractivity contribution is 5.92. The van der Waals surface area contributed by atoms with Crippen LogP contribution in [-0.2, 0) is 11.3 Å². The van der Waals surface area contributed by atoms with Crippen LogP contribution in [0, 0.1) is 17.8 Å². The van der Waals surface area contributed by atoms with E-state index in [1.54, 1.807) is 24.3 Å². The number of primary amides is 1. The van der Waals surface area contributed by atoms with Crippen LogP contribution in [0.4, 0.5) is 0 Å². The Kier molecular flexibility index (Phi) is 3.68. The third kappa shape index (κ3) is 2.65. The molecular formula is C16H21N3O2. The molecule has 2 aliphatic carbocycles. The summed E-state index contributed by atoms with van der Waals surface area (Å²) in [6, 6.07) is 6.98. The Morgan fingerprint density at radius 2 is 1.81 bits per heavy atom. The molecule has 0 heterocycles. The van der Waals surface area contributed by atoms with Crippen LogP contribution >= 0.6 is 0 Å². The quantitative estimate of drug-likeness (QED) is 0.763. The number of benzene rings is 1. The Bertz CT molecular complexity index is 553. The lowest BCUT2D eigenvalue weighted by molar-refractivity contribution is -0.127. The van der Waals surface area contributed by atoms with Crippen molar-refractivity contribution in [1.29, 1.82) is 0 Å². The average Bonchev–Trinajstić information content (AvgIpc) is 3.06. The summed E-state index contributed by atoms with van der Waals surface area (Å²) in [6.07, 6.45) is 3.40. The smallest absolute Gasteiger partial charge is 0.248 e. The van der Waals surface area contributed by atoms with E-state index in [4.69, 9.17) is 11.5 Å². The molecule has 1 aromatic rings. The average molecular weight is 287 g/mol. The summed E-state index contributed by atoms with van der Waals surface area (Å²) in [6.45, 7) is 0.457. The number of nitrogens with one attached hydrogen (secondary N) is 1.